The van der Waals surface area contributed by atoms with E-state index in [2.05, 4.69) is 16.9 Å². The highest BCUT2D eigenvalue weighted by atomic mass is 16.1. The number of nitrogens with one attached hydrogen (secondary N) is 1. The Hall–Kier alpha value is -4.78. The van der Waals surface area contributed by atoms with E-state index in [4.69, 9.17) is 15.7 Å². The number of benzene rings is 2. The maximum absolute atomic E-state index is 11.5. The normalized spacial score (nSPS) is 10.8. The fraction of sp³-hybridized carbons (Fsp3) is 0.0370. The first-order valence-corrected chi connectivity index (χ1v) is 10.8. The Kier molecular flexibility index (Phi) is 5.58. The molecule has 7 heteroatoms. The third-order valence-corrected chi connectivity index (χ3v) is 5.50. The number of fused-ring (bicyclic) bond motifs is 1. The van der Waals surface area contributed by atoms with Gasteiger partial charge in [0.1, 0.15) is 11.3 Å². The molecule has 0 spiro atoms. The zero-order valence-corrected chi connectivity index (χ0v) is 18.3. The highest BCUT2D eigenvalue weighted by Crippen LogP contribution is 2.31. The molecule has 0 aliphatic carbocycles. The molecule has 0 fully saturated rings. The monoisotopic (exact) mass is 446 g/mol. The van der Waals surface area contributed by atoms with Gasteiger partial charge < -0.3 is 11.1 Å². The first-order chi connectivity index (χ1) is 16.6. The van der Waals surface area contributed by atoms with Gasteiger partial charge in [-0.15, -0.1) is 0 Å². The fourth-order valence-electron chi connectivity index (χ4n) is 3.78. The molecule has 5 rings (SSSR count). The SMILES string of the molecule is C=CC(=O)NCc1ccc(-n2c(-c3cccnc3N)nc3ccc(-c4ccccc4)nc32)cc1. The summed E-state index contributed by atoms with van der Waals surface area (Å²) >= 11 is 0. The van der Waals surface area contributed by atoms with Crippen LogP contribution < -0.4 is 11.1 Å². The van der Waals surface area contributed by atoms with Crippen molar-refractivity contribution in [3.05, 3.63) is 103 Å². The molecule has 0 unspecified atom stereocenters. The minimum atomic E-state index is -0.211. The van der Waals surface area contributed by atoms with Crippen LogP contribution in [0.15, 0.2) is 97.7 Å². The fourth-order valence-corrected chi connectivity index (χ4v) is 3.78. The number of anilines is 1. The molecule has 7 nitrogen and oxygen atoms in total. The van der Waals surface area contributed by atoms with Gasteiger partial charge in [0.15, 0.2) is 11.5 Å². The van der Waals surface area contributed by atoms with Crippen LogP contribution in [-0.2, 0) is 11.3 Å². The van der Waals surface area contributed by atoms with E-state index in [1.807, 2.05) is 83.4 Å². The molecule has 2 aromatic carbocycles. The van der Waals surface area contributed by atoms with E-state index in [-0.39, 0.29) is 5.91 Å². The van der Waals surface area contributed by atoms with Crippen LogP contribution in [0.2, 0.25) is 0 Å². The van der Waals surface area contributed by atoms with Crippen molar-refractivity contribution in [2.45, 2.75) is 6.54 Å². The molecule has 3 N–H and O–H groups in total. The van der Waals surface area contributed by atoms with Crippen LogP contribution in [0.5, 0.6) is 0 Å². The lowest BCUT2D eigenvalue weighted by Crippen LogP contribution is -2.19. The summed E-state index contributed by atoms with van der Waals surface area (Å²) < 4.78 is 1.99. The number of hydrogen-bond acceptors (Lipinski definition) is 5. The minimum absolute atomic E-state index is 0.211. The van der Waals surface area contributed by atoms with Crippen molar-refractivity contribution in [1.82, 2.24) is 24.8 Å². The van der Waals surface area contributed by atoms with E-state index in [0.29, 0.717) is 23.8 Å². The largest absolute Gasteiger partial charge is 0.383 e. The van der Waals surface area contributed by atoms with Crippen molar-refractivity contribution in [3.63, 3.8) is 0 Å². The number of carbonyl (C=O) groups excluding carboxylic acids is 1. The molecule has 0 atom stereocenters. The van der Waals surface area contributed by atoms with Crippen molar-refractivity contribution in [1.29, 1.82) is 0 Å². The molecule has 0 saturated heterocycles. The average Bonchev–Trinajstić information content (AvgIpc) is 3.27. The zero-order valence-electron chi connectivity index (χ0n) is 18.3. The third-order valence-electron chi connectivity index (χ3n) is 5.50. The number of aromatic nitrogens is 4. The molecule has 0 bridgehead atoms. The molecule has 0 radical (unpaired) electrons. The van der Waals surface area contributed by atoms with Crippen molar-refractivity contribution >= 4 is 22.9 Å². The molecule has 0 aliphatic heterocycles. The van der Waals surface area contributed by atoms with Crippen molar-refractivity contribution in [2.24, 2.45) is 0 Å². The van der Waals surface area contributed by atoms with Gasteiger partial charge in [-0.2, -0.15) is 0 Å². The number of imidazole rings is 1. The van der Waals surface area contributed by atoms with Crippen molar-refractivity contribution < 1.29 is 4.79 Å². The predicted molar refractivity (Wildman–Crippen MR) is 134 cm³/mol. The number of nitrogens with two attached hydrogens (primary N) is 1. The van der Waals surface area contributed by atoms with Gasteiger partial charge in [0.25, 0.3) is 0 Å². The number of pyridine rings is 2. The van der Waals surface area contributed by atoms with Crippen molar-refractivity contribution in [3.8, 4) is 28.3 Å². The molecule has 34 heavy (non-hydrogen) atoms. The Morgan fingerprint density at radius 1 is 0.971 bits per heavy atom. The van der Waals surface area contributed by atoms with Crippen LogP contribution in [-0.4, -0.2) is 25.4 Å². The van der Waals surface area contributed by atoms with Gasteiger partial charge in [0, 0.05) is 24.0 Å². The maximum Gasteiger partial charge on any atom is 0.243 e. The minimum Gasteiger partial charge on any atom is -0.383 e. The van der Waals surface area contributed by atoms with Crippen LogP contribution in [0.1, 0.15) is 5.56 Å². The lowest BCUT2D eigenvalue weighted by atomic mass is 10.1. The van der Waals surface area contributed by atoms with Gasteiger partial charge in [-0.05, 0) is 48.0 Å². The summed E-state index contributed by atoms with van der Waals surface area (Å²) in [6.45, 7) is 3.89. The van der Waals surface area contributed by atoms with Gasteiger partial charge >= 0.3 is 0 Å². The highest BCUT2D eigenvalue weighted by Gasteiger charge is 2.18. The second-order valence-electron chi connectivity index (χ2n) is 7.70. The van der Waals surface area contributed by atoms with E-state index in [1.165, 1.54) is 6.08 Å². The van der Waals surface area contributed by atoms with Crippen molar-refractivity contribution in [2.75, 3.05) is 5.73 Å². The highest BCUT2D eigenvalue weighted by molar-refractivity contribution is 5.87. The summed E-state index contributed by atoms with van der Waals surface area (Å²) in [5.41, 5.74) is 12.1. The molecular formula is C27H22N6O. The van der Waals surface area contributed by atoms with Gasteiger partial charge in [-0.1, -0.05) is 49.0 Å². The summed E-state index contributed by atoms with van der Waals surface area (Å²) in [4.78, 5) is 25.6. The second-order valence-corrected chi connectivity index (χ2v) is 7.70. The average molecular weight is 447 g/mol. The van der Waals surface area contributed by atoms with E-state index in [1.54, 1.807) is 6.20 Å². The predicted octanol–water partition coefficient (Wildman–Crippen LogP) is 4.53. The van der Waals surface area contributed by atoms with Crippen LogP contribution in [0, 0.1) is 0 Å². The molecule has 0 saturated carbocycles. The van der Waals surface area contributed by atoms with Crippen LogP contribution in [0.25, 0.3) is 39.5 Å². The first-order valence-electron chi connectivity index (χ1n) is 10.8. The molecular weight excluding hydrogens is 424 g/mol. The lowest BCUT2D eigenvalue weighted by Gasteiger charge is -2.11. The second kappa shape index (κ2) is 8.99. The Labute approximate surface area is 196 Å². The number of nitrogen functional groups attached to an aromatic ring is 1. The van der Waals surface area contributed by atoms with Crippen LogP contribution in [0.4, 0.5) is 5.82 Å². The quantitative estimate of drug-likeness (QED) is 0.373. The summed E-state index contributed by atoms with van der Waals surface area (Å²) in [6, 6.07) is 25.6. The molecule has 0 aliphatic rings. The van der Waals surface area contributed by atoms with Gasteiger partial charge in [0.05, 0.1) is 11.3 Å². The standard InChI is InChI=1S/C27H22N6O/c1-2-24(34)30-17-18-10-12-20(13-11-18)33-26(21-9-6-16-29-25(21)28)32-23-15-14-22(31-27(23)33)19-7-4-3-5-8-19/h2-16H,1,17H2,(H2,28,29)(H,30,34). The number of rotatable bonds is 6. The zero-order chi connectivity index (χ0) is 23.5. The van der Waals surface area contributed by atoms with Gasteiger partial charge in [-0.3, -0.25) is 9.36 Å². The topological polar surface area (TPSA) is 98.7 Å². The Balaban J connectivity index is 1.66. The van der Waals surface area contributed by atoms with Crippen LogP contribution >= 0.6 is 0 Å². The molecule has 3 aromatic heterocycles. The maximum atomic E-state index is 11.5. The molecule has 3 heterocycles. The Bertz CT molecular complexity index is 1490. The number of hydrogen-bond donors (Lipinski definition) is 2. The van der Waals surface area contributed by atoms with Gasteiger partial charge in [0.2, 0.25) is 5.91 Å². The molecule has 166 valence electrons. The lowest BCUT2D eigenvalue weighted by molar-refractivity contribution is -0.116. The Morgan fingerprint density at radius 2 is 1.76 bits per heavy atom. The van der Waals surface area contributed by atoms with E-state index >= 15 is 0 Å². The number of amides is 1. The van der Waals surface area contributed by atoms with Gasteiger partial charge in [-0.25, -0.2) is 15.0 Å². The number of nitrogens with zero attached hydrogens (tertiary/aromatic N) is 4. The van der Waals surface area contributed by atoms with E-state index in [9.17, 15) is 4.79 Å². The van der Waals surface area contributed by atoms with Crippen LogP contribution in [0.3, 0.4) is 0 Å². The van der Waals surface area contributed by atoms with E-state index < -0.39 is 0 Å². The Morgan fingerprint density at radius 3 is 2.50 bits per heavy atom. The summed E-state index contributed by atoms with van der Waals surface area (Å²) in [6.07, 6.45) is 2.91. The summed E-state index contributed by atoms with van der Waals surface area (Å²) in [5.74, 6) is 0.841. The molecule has 5 aromatic rings. The summed E-state index contributed by atoms with van der Waals surface area (Å²) in [5, 5.41) is 2.79. The smallest absolute Gasteiger partial charge is 0.243 e. The summed E-state index contributed by atoms with van der Waals surface area (Å²) in [7, 11) is 0. The first kappa shape index (κ1) is 21.1. The number of carbonyl (C=O) groups is 1. The third kappa shape index (κ3) is 4.02. The van der Waals surface area contributed by atoms with E-state index in [0.717, 1.165) is 33.6 Å². The molecule has 1 amide bonds.